The molecule has 1 aromatic carbocycles. The fraction of sp³-hybridized carbons (Fsp3) is 0.250. The van der Waals surface area contributed by atoms with Gasteiger partial charge < -0.3 is 0 Å². The molecule has 7 heteroatoms. The number of hydrogen-bond donors (Lipinski definition) is 0. The van der Waals surface area contributed by atoms with Crippen molar-refractivity contribution in [3.05, 3.63) is 51.3 Å². The standard InChI is InChI=1S/C12H11N5O2/c1-2-12-11(7-13)14-15-16(12)8-9-3-5-10(6-4-9)17(18)19/h3-6H,2,8H2,1H3. The molecular weight excluding hydrogens is 246 g/mol. The van der Waals surface area contributed by atoms with Crippen LogP contribution in [0, 0.1) is 21.4 Å². The molecule has 0 fully saturated rings. The van der Waals surface area contributed by atoms with Gasteiger partial charge in [0.25, 0.3) is 5.69 Å². The van der Waals surface area contributed by atoms with Crippen molar-refractivity contribution in [3.63, 3.8) is 0 Å². The number of nitro groups is 1. The van der Waals surface area contributed by atoms with Crippen LogP contribution in [-0.2, 0) is 13.0 Å². The van der Waals surface area contributed by atoms with Crippen molar-refractivity contribution < 1.29 is 4.92 Å². The molecule has 0 saturated carbocycles. The zero-order valence-corrected chi connectivity index (χ0v) is 10.3. The van der Waals surface area contributed by atoms with E-state index in [1.807, 2.05) is 13.0 Å². The maximum absolute atomic E-state index is 10.6. The summed E-state index contributed by atoms with van der Waals surface area (Å²) in [6, 6.07) is 8.23. The predicted molar refractivity (Wildman–Crippen MR) is 66.3 cm³/mol. The van der Waals surface area contributed by atoms with Gasteiger partial charge in [-0.3, -0.25) is 10.1 Å². The van der Waals surface area contributed by atoms with Gasteiger partial charge in [-0.1, -0.05) is 24.3 Å². The lowest BCUT2D eigenvalue weighted by Gasteiger charge is -2.04. The van der Waals surface area contributed by atoms with Gasteiger partial charge in [0.1, 0.15) is 6.07 Å². The first-order valence-corrected chi connectivity index (χ1v) is 5.71. The summed E-state index contributed by atoms with van der Waals surface area (Å²) in [5, 5.41) is 27.2. The number of nitro benzene ring substituents is 1. The van der Waals surface area contributed by atoms with Crippen LogP contribution in [-0.4, -0.2) is 19.9 Å². The molecule has 7 nitrogen and oxygen atoms in total. The van der Waals surface area contributed by atoms with E-state index in [1.165, 1.54) is 12.1 Å². The molecule has 0 N–H and O–H groups in total. The van der Waals surface area contributed by atoms with Crippen molar-refractivity contribution in [1.29, 1.82) is 5.26 Å². The molecular formula is C12H11N5O2. The highest BCUT2D eigenvalue weighted by Gasteiger charge is 2.11. The van der Waals surface area contributed by atoms with Crippen molar-refractivity contribution in [3.8, 4) is 6.07 Å². The average molecular weight is 257 g/mol. The predicted octanol–water partition coefficient (Wildman–Crippen LogP) is 1.67. The molecule has 2 aromatic rings. The Labute approximate surface area is 109 Å². The highest BCUT2D eigenvalue weighted by Crippen LogP contribution is 2.14. The number of aromatic nitrogens is 3. The van der Waals surface area contributed by atoms with Crippen LogP contribution in [0.4, 0.5) is 5.69 Å². The second-order valence-corrected chi connectivity index (χ2v) is 3.93. The van der Waals surface area contributed by atoms with E-state index >= 15 is 0 Å². The van der Waals surface area contributed by atoms with Crippen molar-refractivity contribution in [1.82, 2.24) is 15.0 Å². The van der Waals surface area contributed by atoms with Gasteiger partial charge >= 0.3 is 0 Å². The largest absolute Gasteiger partial charge is 0.269 e. The summed E-state index contributed by atoms with van der Waals surface area (Å²) in [6.45, 7) is 2.36. The summed E-state index contributed by atoms with van der Waals surface area (Å²) in [4.78, 5) is 10.1. The van der Waals surface area contributed by atoms with Crippen molar-refractivity contribution in [2.24, 2.45) is 0 Å². The first-order valence-electron chi connectivity index (χ1n) is 5.71. The van der Waals surface area contributed by atoms with Crippen LogP contribution in [0.5, 0.6) is 0 Å². The van der Waals surface area contributed by atoms with Crippen LogP contribution in [0.15, 0.2) is 24.3 Å². The molecule has 0 aliphatic heterocycles. The van der Waals surface area contributed by atoms with E-state index in [1.54, 1.807) is 16.8 Å². The smallest absolute Gasteiger partial charge is 0.258 e. The average Bonchev–Trinajstić information content (AvgIpc) is 2.81. The Hall–Kier alpha value is -2.75. The summed E-state index contributed by atoms with van der Waals surface area (Å²) >= 11 is 0. The Balaban J connectivity index is 2.24. The summed E-state index contributed by atoms with van der Waals surface area (Å²) in [7, 11) is 0. The maximum Gasteiger partial charge on any atom is 0.269 e. The molecule has 19 heavy (non-hydrogen) atoms. The zero-order chi connectivity index (χ0) is 13.8. The summed E-state index contributed by atoms with van der Waals surface area (Å²) in [5.41, 5.74) is 2.01. The van der Waals surface area contributed by atoms with E-state index in [-0.39, 0.29) is 5.69 Å². The third-order valence-corrected chi connectivity index (χ3v) is 2.76. The Morgan fingerprint density at radius 2 is 2.11 bits per heavy atom. The highest BCUT2D eigenvalue weighted by molar-refractivity contribution is 5.33. The Morgan fingerprint density at radius 1 is 1.42 bits per heavy atom. The van der Waals surface area contributed by atoms with Crippen molar-refractivity contribution >= 4 is 5.69 Å². The van der Waals surface area contributed by atoms with Crippen molar-refractivity contribution in [2.45, 2.75) is 19.9 Å². The Bertz CT molecular complexity index is 639. The lowest BCUT2D eigenvalue weighted by atomic mass is 10.2. The van der Waals surface area contributed by atoms with Crippen LogP contribution in [0.2, 0.25) is 0 Å². The number of benzene rings is 1. The van der Waals surface area contributed by atoms with Crippen LogP contribution < -0.4 is 0 Å². The number of rotatable bonds is 4. The number of nitrogens with zero attached hydrogens (tertiary/aromatic N) is 5. The molecule has 0 saturated heterocycles. The van der Waals surface area contributed by atoms with Gasteiger partial charge in [0, 0.05) is 12.1 Å². The van der Waals surface area contributed by atoms with Gasteiger partial charge in [0.05, 0.1) is 17.2 Å². The highest BCUT2D eigenvalue weighted by atomic mass is 16.6. The normalized spacial score (nSPS) is 10.1. The monoisotopic (exact) mass is 257 g/mol. The van der Waals surface area contributed by atoms with Crippen molar-refractivity contribution in [2.75, 3.05) is 0 Å². The van der Waals surface area contributed by atoms with Crippen LogP contribution in [0.3, 0.4) is 0 Å². The summed E-state index contributed by atoms with van der Waals surface area (Å²) < 4.78 is 1.64. The quantitative estimate of drug-likeness (QED) is 0.612. The number of nitriles is 1. The molecule has 0 spiro atoms. The molecule has 0 unspecified atom stereocenters. The molecule has 0 amide bonds. The molecule has 0 aliphatic rings. The molecule has 0 bridgehead atoms. The van der Waals surface area contributed by atoms with Gasteiger partial charge in [-0.05, 0) is 12.0 Å². The topological polar surface area (TPSA) is 97.6 Å². The maximum atomic E-state index is 10.6. The van der Waals surface area contributed by atoms with Gasteiger partial charge in [-0.15, -0.1) is 5.10 Å². The second-order valence-electron chi connectivity index (χ2n) is 3.93. The second kappa shape index (κ2) is 5.27. The third kappa shape index (κ3) is 2.57. The number of non-ortho nitro benzene ring substituents is 1. The molecule has 0 aliphatic carbocycles. The van der Waals surface area contributed by atoms with E-state index in [2.05, 4.69) is 10.3 Å². The minimum atomic E-state index is -0.440. The van der Waals surface area contributed by atoms with Gasteiger partial charge in [-0.25, -0.2) is 4.68 Å². The zero-order valence-electron chi connectivity index (χ0n) is 10.3. The number of hydrogen-bond acceptors (Lipinski definition) is 5. The molecule has 96 valence electrons. The first kappa shape index (κ1) is 12.7. The lowest BCUT2D eigenvalue weighted by Crippen LogP contribution is -2.06. The third-order valence-electron chi connectivity index (χ3n) is 2.76. The molecule has 2 rings (SSSR count). The minimum Gasteiger partial charge on any atom is -0.258 e. The van der Waals surface area contributed by atoms with E-state index in [4.69, 9.17) is 5.26 Å². The van der Waals surface area contributed by atoms with Crippen LogP contribution in [0.1, 0.15) is 23.9 Å². The van der Waals surface area contributed by atoms with Crippen LogP contribution in [0.25, 0.3) is 0 Å². The van der Waals surface area contributed by atoms with E-state index < -0.39 is 4.92 Å². The van der Waals surface area contributed by atoms with E-state index in [0.717, 1.165) is 11.3 Å². The molecule has 0 atom stereocenters. The Morgan fingerprint density at radius 3 is 2.63 bits per heavy atom. The summed E-state index contributed by atoms with van der Waals surface area (Å²) in [5.74, 6) is 0. The van der Waals surface area contributed by atoms with Gasteiger partial charge in [0.2, 0.25) is 0 Å². The van der Waals surface area contributed by atoms with Gasteiger partial charge in [0.15, 0.2) is 5.69 Å². The summed E-state index contributed by atoms with van der Waals surface area (Å²) in [6.07, 6.45) is 0.656. The molecule has 1 aromatic heterocycles. The first-order chi connectivity index (χ1) is 9.15. The van der Waals surface area contributed by atoms with Crippen LogP contribution >= 0.6 is 0 Å². The lowest BCUT2D eigenvalue weighted by molar-refractivity contribution is -0.384. The van der Waals surface area contributed by atoms with E-state index in [9.17, 15) is 10.1 Å². The van der Waals surface area contributed by atoms with E-state index in [0.29, 0.717) is 18.7 Å². The SMILES string of the molecule is CCc1c(C#N)nnn1Cc1ccc([N+](=O)[O-])cc1. The van der Waals surface area contributed by atoms with Gasteiger partial charge in [-0.2, -0.15) is 5.26 Å². The molecule has 1 heterocycles. The minimum absolute atomic E-state index is 0.0516. The fourth-order valence-corrected chi connectivity index (χ4v) is 1.79. The fourth-order valence-electron chi connectivity index (χ4n) is 1.79. The molecule has 0 radical (unpaired) electrons. The Kier molecular flexibility index (Phi) is 3.52.